The second kappa shape index (κ2) is 8.31. The van der Waals surface area contributed by atoms with Crippen LogP contribution in [0.25, 0.3) is 5.57 Å². The van der Waals surface area contributed by atoms with E-state index in [1.807, 2.05) is 43.3 Å². The Morgan fingerprint density at radius 1 is 0.926 bits per heavy atom. The van der Waals surface area contributed by atoms with Crippen LogP contribution in [0.3, 0.4) is 0 Å². The van der Waals surface area contributed by atoms with Crippen molar-refractivity contribution in [2.24, 2.45) is 0 Å². The molecule has 2 aromatic carbocycles. The van der Waals surface area contributed by atoms with Crippen LogP contribution in [0.15, 0.2) is 53.4 Å². The fourth-order valence-electron chi connectivity index (χ4n) is 2.99. The normalized spacial score (nSPS) is 14.1. The average Bonchev–Trinajstić information content (AvgIpc) is 2.93. The minimum atomic E-state index is -0.285. The van der Waals surface area contributed by atoms with Crippen LogP contribution in [0.2, 0.25) is 0 Å². The number of carbonyl (C=O) groups excluding carboxylic acids is 2. The van der Waals surface area contributed by atoms with Crippen LogP contribution in [0.5, 0.6) is 11.5 Å². The number of imide groups is 1. The zero-order valence-corrected chi connectivity index (χ0v) is 16.3. The number of ether oxygens (including phenoxy) is 2. The Hall–Kier alpha value is -2.73. The summed E-state index contributed by atoms with van der Waals surface area (Å²) in [6.07, 6.45) is 0. The minimum absolute atomic E-state index is 0.176. The molecule has 0 fully saturated rings. The third-order valence-corrected chi connectivity index (χ3v) is 5.27. The SMILES string of the molecule is CCSC1=C(c2ccc(OC)cc2)C(=O)N(Cc2ccccc2OC)C1=O. The molecule has 0 saturated heterocycles. The van der Waals surface area contributed by atoms with Gasteiger partial charge in [-0.3, -0.25) is 14.5 Å². The van der Waals surface area contributed by atoms with Gasteiger partial charge < -0.3 is 9.47 Å². The van der Waals surface area contributed by atoms with E-state index < -0.39 is 0 Å². The second-order valence-corrected chi connectivity index (χ2v) is 7.15. The van der Waals surface area contributed by atoms with Gasteiger partial charge in [0.1, 0.15) is 11.5 Å². The summed E-state index contributed by atoms with van der Waals surface area (Å²) in [4.78, 5) is 27.9. The number of amides is 2. The van der Waals surface area contributed by atoms with Crippen LogP contribution in [0.4, 0.5) is 0 Å². The summed E-state index contributed by atoms with van der Waals surface area (Å²) in [5.74, 6) is 1.51. The molecule has 6 heteroatoms. The largest absolute Gasteiger partial charge is 0.497 e. The molecule has 2 aromatic rings. The molecule has 0 unspecified atom stereocenters. The summed E-state index contributed by atoms with van der Waals surface area (Å²) in [6, 6.07) is 14.6. The van der Waals surface area contributed by atoms with Crippen LogP contribution in [-0.4, -0.2) is 36.7 Å². The highest BCUT2D eigenvalue weighted by atomic mass is 32.2. The van der Waals surface area contributed by atoms with Crippen molar-refractivity contribution >= 4 is 29.1 Å². The van der Waals surface area contributed by atoms with E-state index in [1.165, 1.54) is 16.7 Å². The molecule has 140 valence electrons. The maximum Gasteiger partial charge on any atom is 0.268 e. The van der Waals surface area contributed by atoms with E-state index >= 15 is 0 Å². The van der Waals surface area contributed by atoms with E-state index in [-0.39, 0.29) is 18.4 Å². The Morgan fingerprint density at radius 2 is 1.63 bits per heavy atom. The predicted octanol–water partition coefficient (Wildman–Crippen LogP) is 3.74. The van der Waals surface area contributed by atoms with Crippen molar-refractivity contribution < 1.29 is 19.1 Å². The van der Waals surface area contributed by atoms with E-state index in [2.05, 4.69) is 0 Å². The van der Waals surface area contributed by atoms with Gasteiger partial charge in [-0.15, -0.1) is 11.8 Å². The maximum atomic E-state index is 13.1. The second-order valence-electron chi connectivity index (χ2n) is 5.87. The number of carbonyl (C=O) groups is 2. The summed E-state index contributed by atoms with van der Waals surface area (Å²) in [7, 11) is 3.16. The standard InChI is InChI=1S/C21H21NO4S/c1-4-27-19-18(14-9-11-16(25-2)12-10-14)20(23)22(21(19)24)13-15-7-5-6-8-17(15)26-3/h5-12H,4,13H2,1-3H3. The first-order valence-corrected chi connectivity index (χ1v) is 9.58. The molecule has 0 bridgehead atoms. The summed E-state index contributed by atoms with van der Waals surface area (Å²) >= 11 is 1.39. The van der Waals surface area contributed by atoms with Gasteiger partial charge in [0.2, 0.25) is 0 Å². The Labute approximate surface area is 163 Å². The molecular formula is C21H21NO4S. The molecule has 0 saturated carbocycles. The lowest BCUT2D eigenvalue weighted by Crippen LogP contribution is -2.31. The Balaban J connectivity index is 1.96. The van der Waals surface area contributed by atoms with E-state index in [1.54, 1.807) is 26.4 Å². The van der Waals surface area contributed by atoms with Crippen LogP contribution in [0, 0.1) is 0 Å². The smallest absolute Gasteiger partial charge is 0.268 e. The van der Waals surface area contributed by atoms with Crippen LogP contribution >= 0.6 is 11.8 Å². The van der Waals surface area contributed by atoms with Gasteiger partial charge in [0.05, 0.1) is 31.2 Å². The summed E-state index contributed by atoms with van der Waals surface area (Å²) in [5.41, 5.74) is 1.95. The number of rotatable bonds is 7. The van der Waals surface area contributed by atoms with Crippen LogP contribution in [0.1, 0.15) is 18.1 Å². The zero-order valence-electron chi connectivity index (χ0n) is 15.5. The van der Waals surface area contributed by atoms with E-state index in [9.17, 15) is 9.59 Å². The van der Waals surface area contributed by atoms with Crippen molar-refractivity contribution in [1.82, 2.24) is 4.90 Å². The summed E-state index contributed by atoms with van der Waals surface area (Å²) in [5, 5.41) is 0. The van der Waals surface area contributed by atoms with Gasteiger partial charge in [-0.25, -0.2) is 0 Å². The van der Waals surface area contributed by atoms with Crippen LogP contribution < -0.4 is 9.47 Å². The lowest BCUT2D eigenvalue weighted by Gasteiger charge is -2.17. The molecular weight excluding hydrogens is 362 g/mol. The van der Waals surface area contributed by atoms with Gasteiger partial charge in [-0.1, -0.05) is 37.3 Å². The van der Waals surface area contributed by atoms with E-state index in [0.29, 0.717) is 33.3 Å². The Bertz CT molecular complexity index is 889. The quantitative estimate of drug-likeness (QED) is 0.682. The molecule has 1 aliphatic heterocycles. The van der Waals surface area contributed by atoms with Crippen molar-refractivity contribution in [2.45, 2.75) is 13.5 Å². The van der Waals surface area contributed by atoms with Crippen molar-refractivity contribution in [1.29, 1.82) is 0 Å². The summed E-state index contributed by atoms with van der Waals surface area (Å²) in [6.45, 7) is 2.14. The molecule has 27 heavy (non-hydrogen) atoms. The first-order chi connectivity index (χ1) is 13.1. The maximum absolute atomic E-state index is 13.1. The lowest BCUT2D eigenvalue weighted by atomic mass is 10.1. The first-order valence-electron chi connectivity index (χ1n) is 8.60. The Kier molecular flexibility index (Phi) is 5.86. The number of methoxy groups -OCH3 is 2. The van der Waals surface area contributed by atoms with Crippen molar-refractivity contribution in [3.8, 4) is 11.5 Å². The number of benzene rings is 2. The predicted molar refractivity (Wildman–Crippen MR) is 107 cm³/mol. The highest BCUT2D eigenvalue weighted by Crippen LogP contribution is 2.37. The third-order valence-electron chi connectivity index (χ3n) is 4.31. The van der Waals surface area contributed by atoms with Gasteiger partial charge in [-0.2, -0.15) is 0 Å². The number of hydrogen-bond donors (Lipinski definition) is 0. The van der Waals surface area contributed by atoms with Gasteiger partial charge in [0, 0.05) is 5.56 Å². The third kappa shape index (κ3) is 3.71. The van der Waals surface area contributed by atoms with Gasteiger partial charge in [0.25, 0.3) is 11.8 Å². The Morgan fingerprint density at radius 3 is 2.26 bits per heavy atom. The van der Waals surface area contributed by atoms with Crippen molar-refractivity contribution in [3.63, 3.8) is 0 Å². The van der Waals surface area contributed by atoms with E-state index in [4.69, 9.17) is 9.47 Å². The fourth-order valence-corrected chi connectivity index (χ4v) is 3.86. The monoisotopic (exact) mass is 383 g/mol. The number of hydrogen-bond acceptors (Lipinski definition) is 5. The molecule has 5 nitrogen and oxygen atoms in total. The van der Waals surface area contributed by atoms with Crippen molar-refractivity contribution in [2.75, 3.05) is 20.0 Å². The molecule has 0 aromatic heterocycles. The molecule has 0 N–H and O–H groups in total. The molecule has 0 radical (unpaired) electrons. The molecule has 3 rings (SSSR count). The van der Waals surface area contributed by atoms with Crippen molar-refractivity contribution in [3.05, 3.63) is 64.6 Å². The summed E-state index contributed by atoms with van der Waals surface area (Å²) < 4.78 is 10.5. The molecule has 0 atom stereocenters. The van der Waals surface area contributed by atoms with E-state index in [0.717, 1.165) is 5.56 Å². The minimum Gasteiger partial charge on any atom is -0.497 e. The fraction of sp³-hybridized carbons (Fsp3) is 0.238. The first kappa shape index (κ1) is 19.0. The lowest BCUT2D eigenvalue weighted by molar-refractivity contribution is -0.137. The molecule has 0 aliphatic carbocycles. The van der Waals surface area contributed by atoms with Gasteiger partial charge in [-0.05, 0) is 29.5 Å². The highest BCUT2D eigenvalue weighted by Gasteiger charge is 2.39. The highest BCUT2D eigenvalue weighted by molar-refractivity contribution is 8.04. The molecule has 1 aliphatic rings. The molecule has 0 spiro atoms. The van der Waals surface area contributed by atoms with Crippen LogP contribution in [-0.2, 0) is 16.1 Å². The van der Waals surface area contributed by atoms with Gasteiger partial charge in [0.15, 0.2) is 0 Å². The topological polar surface area (TPSA) is 55.8 Å². The zero-order chi connectivity index (χ0) is 19.4. The van der Waals surface area contributed by atoms with Gasteiger partial charge >= 0.3 is 0 Å². The molecule has 1 heterocycles. The number of thioether (sulfide) groups is 1. The average molecular weight is 383 g/mol. The number of nitrogens with zero attached hydrogens (tertiary/aromatic N) is 1. The number of para-hydroxylation sites is 1. The molecule has 2 amide bonds.